The fourth-order valence-electron chi connectivity index (χ4n) is 1.39. The van der Waals surface area contributed by atoms with Crippen LogP contribution in [0.3, 0.4) is 0 Å². The first-order valence-corrected chi connectivity index (χ1v) is 4.08. The van der Waals surface area contributed by atoms with Gasteiger partial charge in [0, 0.05) is 18.3 Å². The Balaban J connectivity index is 2.40. The van der Waals surface area contributed by atoms with E-state index >= 15 is 0 Å². The van der Waals surface area contributed by atoms with Crippen LogP contribution in [0.1, 0.15) is 6.92 Å². The quantitative estimate of drug-likeness (QED) is 0.638. The highest BCUT2D eigenvalue weighted by Crippen LogP contribution is 2.34. The highest BCUT2D eigenvalue weighted by atomic mass is 16.5. The third kappa shape index (κ3) is 0.978. The first-order valence-electron chi connectivity index (χ1n) is 4.08. The van der Waals surface area contributed by atoms with Gasteiger partial charge in [0.2, 0.25) is 0 Å². The van der Waals surface area contributed by atoms with E-state index in [-0.39, 0.29) is 0 Å². The monoisotopic (exact) mass is 164 g/mol. The number of nitrogens with two attached hydrogens (primary N) is 1. The molecule has 0 saturated carbocycles. The molecule has 0 amide bonds. The second kappa shape index (κ2) is 2.59. The standard InChI is InChI=1S/C9H12N2O/c1-2-11-6-12-9-5-7(10)3-4-8(9)11/h3-5H,2,6,10H2,1H3. The first-order chi connectivity index (χ1) is 5.81. The van der Waals surface area contributed by atoms with Crippen LogP contribution >= 0.6 is 0 Å². The highest BCUT2D eigenvalue weighted by molar-refractivity contribution is 5.65. The Labute approximate surface area is 71.7 Å². The van der Waals surface area contributed by atoms with Gasteiger partial charge in [-0.15, -0.1) is 0 Å². The van der Waals surface area contributed by atoms with Crippen LogP contribution in [0.2, 0.25) is 0 Å². The summed E-state index contributed by atoms with van der Waals surface area (Å²) in [5.74, 6) is 0.900. The van der Waals surface area contributed by atoms with Crippen molar-refractivity contribution in [3.63, 3.8) is 0 Å². The van der Waals surface area contributed by atoms with Crippen LogP contribution in [-0.4, -0.2) is 13.3 Å². The molecule has 1 aliphatic heterocycles. The van der Waals surface area contributed by atoms with E-state index in [2.05, 4.69) is 11.8 Å². The summed E-state index contributed by atoms with van der Waals surface area (Å²) in [6.07, 6.45) is 0. The van der Waals surface area contributed by atoms with Crippen molar-refractivity contribution in [2.45, 2.75) is 6.92 Å². The van der Waals surface area contributed by atoms with Crippen LogP contribution in [0.5, 0.6) is 5.75 Å². The number of nitrogens with zero attached hydrogens (tertiary/aromatic N) is 1. The van der Waals surface area contributed by atoms with E-state index < -0.39 is 0 Å². The Kier molecular flexibility index (Phi) is 1.57. The van der Waals surface area contributed by atoms with Crippen molar-refractivity contribution in [3.05, 3.63) is 18.2 Å². The summed E-state index contributed by atoms with van der Waals surface area (Å²) in [4.78, 5) is 2.16. The fourth-order valence-corrected chi connectivity index (χ4v) is 1.39. The minimum atomic E-state index is 0.648. The second-order valence-corrected chi connectivity index (χ2v) is 2.86. The zero-order chi connectivity index (χ0) is 8.55. The van der Waals surface area contributed by atoms with Crippen molar-refractivity contribution in [3.8, 4) is 5.75 Å². The number of hydrogen-bond donors (Lipinski definition) is 1. The van der Waals surface area contributed by atoms with E-state index in [9.17, 15) is 0 Å². The van der Waals surface area contributed by atoms with Crippen molar-refractivity contribution in [1.29, 1.82) is 0 Å². The lowest BCUT2D eigenvalue weighted by molar-refractivity contribution is 0.348. The molecule has 12 heavy (non-hydrogen) atoms. The Morgan fingerprint density at radius 1 is 1.58 bits per heavy atom. The topological polar surface area (TPSA) is 38.5 Å². The Morgan fingerprint density at radius 2 is 2.42 bits per heavy atom. The summed E-state index contributed by atoms with van der Waals surface area (Å²) in [6, 6.07) is 5.77. The van der Waals surface area contributed by atoms with Crippen molar-refractivity contribution in [2.75, 3.05) is 23.9 Å². The molecule has 0 radical (unpaired) electrons. The summed E-state index contributed by atoms with van der Waals surface area (Å²) in [6.45, 7) is 3.72. The van der Waals surface area contributed by atoms with Crippen LogP contribution in [0, 0.1) is 0 Å². The van der Waals surface area contributed by atoms with Crippen molar-refractivity contribution >= 4 is 11.4 Å². The van der Waals surface area contributed by atoms with E-state index in [1.165, 1.54) is 0 Å². The molecular weight excluding hydrogens is 152 g/mol. The van der Waals surface area contributed by atoms with Gasteiger partial charge >= 0.3 is 0 Å². The van der Waals surface area contributed by atoms with Crippen LogP contribution < -0.4 is 15.4 Å². The molecule has 1 heterocycles. The maximum atomic E-state index is 5.62. The molecule has 1 aromatic rings. The SMILES string of the molecule is CCN1COc2cc(N)ccc21. The minimum Gasteiger partial charge on any atom is -0.471 e. The van der Waals surface area contributed by atoms with Crippen molar-refractivity contribution in [1.82, 2.24) is 0 Å². The van der Waals surface area contributed by atoms with Crippen LogP contribution in [-0.2, 0) is 0 Å². The maximum absolute atomic E-state index is 5.62. The molecule has 1 aliphatic rings. The average molecular weight is 164 g/mol. The molecule has 0 unspecified atom stereocenters. The number of rotatable bonds is 1. The van der Waals surface area contributed by atoms with E-state index in [1.807, 2.05) is 18.2 Å². The van der Waals surface area contributed by atoms with Gasteiger partial charge in [0.1, 0.15) is 5.75 Å². The molecule has 1 aromatic carbocycles. The maximum Gasteiger partial charge on any atom is 0.161 e. The van der Waals surface area contributed by atoms with Gasteiger partial charge in [0.25, 0.3) is 0 Å². The number of anilines is 2. The van der Waals surface area contributed by atoms with E-state index in [1.54, 1.807) is 0 Å². The zero-order valence-corrected chi connectivity index (χ0v) is 7.08. The van der Waals surface area contributed by atoms with Crippen molar-refractivity contribution < 1.29 is 4.74 Å². The predicted molar refractivity (Wildman–Crippen MR) is 49.4 cm³/mol. The van der Waals surface area contributed by atoms with Gasteiger partial charge in [0.05, 0.1) is 5.69 Å². The minimum absolute atomic E-state index is 0.648. The van der Waals surface area contributed by atoms with Crippen LogP contribution in [0.15, 0.2) is 18.2 Å². The molecule has 0 bridgehead atoms. The molecule has 0 atom stereocenters. The Bertz CT molecular complexity index is 299. The Morgan fingerprint density at radius 3 is 3.17 bits per heavy atom. The predicted octanol–water partition coefficient (Wildman–Crippen LogP) is 1.44. The average Bonchev–Trinajstić information content (AvgIpc) is 2.46. The van der Waals surface area contributed by atoms with E-state index in [0.717, 1.165) is 23.7 Å². The molecule has 2 N–H and O–H groups in total. The molecule has 3 nitrogen and oxygen atoms in total. The summed E-state index contributed by atoms with van der Waals surface area (Å²) >= 11 is 0. The van der Waals surface area contributed by atoms with Gasteiger partial charge in [-0.05, 0) is 19.1 Å². The van der Waals surface area contributed by atoms with Gasteiger partial charge < -0.3 is 15.4 Å². The third-order valence-electron chi connectivity index (χ3n) is 2.08. The summed E-state index contributed by atoms with van der Waals surface area (Å²) in [7, 11) is 0. The van der Waals surface area contributed by atoms with Gasteiger partial charge in [-0.25, -0.2) is 0 Å². The molecule has 64 valence electrons. The van der Waals surface area contributed by atoms with Gasteiger partial charge in [0.15, 0.2) is 6.73 Å². The number of hydrogen-bond acceptors (Lipinski definition) is 3. The largest absolute Gasteiger partial charge is 0.471 e. The van der Waals surface area contributed by atoms with Crippen LogP contribution in [0.25, 0.3) is 0 Å². The molecular formula is C9H12N2O. The second-order valence-electron chi connectivity index (χ2n) is 2.86. The lowest BCUT2D eigenvalue weighted by Crippen LogP contribution is -2.20. The number of fused-ring (bicyclic) bond motifs is 1. The van der Waals surface area contributed by atoms with E-state index in [4.69, 9.17) is 10.5 Å². The molecule has 0 aliphatic carbocycles. The summed E-state index contributed by atoms with van der Waals surface area (Å²) in [5, 5.41) is 0. The first kappa shape index (κ1) is 7.28. The lowest BCUT2D eigenvalue weighted by atomic mass is 10.2. The molecule has 0 saturated heterocycles. The van der Waals surface area contributed by atoms with Gasteiger partial charge in [-0.3, -0.25) is 0 Å². The molecule has 0 aromatic heterocycles. The van der Waals surface area contributed by atoms with Gasteiger partial charge in [-0.2, -0.15) is 0 Å². The number of ether oxygens (including phenoxy) is 1. The smallest absolute Gasteiger partial charge is 0.161 e. The molecule has 0 spiro atoms. The fraction of sp³-hybridized carbons (Fsp3) is 0.333. The van der Waals surface area contributed by atoms with Crippen LogP contribution in [0.4, 0.5) is 11.4 Å². The third-order valence-corrected chi connectivity index (χ3v) is 2.08. The highest BCUT2D eigenvalue weighted by Gasteiger charge is 2.18. The normalized spacial score (nSPS) is 14.2. The summed E-state index contributed by atoms with van der Waals surface area (Å²) < 4.78 is 5.43. The number of nitrogen functional groups attached to an aromatic ring is 1. The number of benzene rings is 1. The van der Waals surface area contributed by atoms with Gasteiger partial charge in [-0.1, -0.05) is 0 Å². The van der Waals surface area contributed by atoms with Crippen molar-refractivity contribution in [2.24, 2.45) is 0 Å². The molecule has 2 rings (SSSR count). The Hall–Kier alpha value is -1.38. The lowest BCUT2D eigenvalue weighted by Gasteiger charge is -2.12. The summed E-state index contributed by atoms with van der Waals surface area (Å²) in [5.41, 5.74) is 7.52. The zero-order valence-electron chi connectivity index (χ0n) is 7.08. The molecule has 3 heteroatoms. The molecule has 0 fully saturated rings. The van der Waals surface area contributed by atoms with E-state index in [0.29, 0.717) is 6.73 Å².